The summed E-state index contributed by atoms with van der Waals surface area (Å²) < 4.78 is 0. The molecule has 0 saturated heterocycles. The number of rotatable bonds is 4. The number of pyridine rings is 1. The number of benzene rings is 1. The Bertz CT molecular complexity index is 564. The van der Waals surface area contributed by atoms with Crippen LogP contribution < -0.4 is 5.73 Å². The van der Waals surface area contributed by atoms with E-state index in [0.29, 0.717) is 6.54 Å². The number of hydrogen-bond donors (Lipinski definition) is 1. The fraction of sp³-hybridized carbons (Fsp3) is 0.267. The second-order valence-electron chi connectivity index (χ2n) is 4.52. The molecule has 0 radical (unpaired) electrons. The van der Waals surface area contributed by atoms with E-state index in [0.717, 1.165) is 27.1 Å². The molecule has 2 rings (SSSR count). The molecule has 0 aliphatic rings. The molecule has 0 spiro atoms. The van der Waals surface area contributed by atoms with Crippen LogP contribution >= 0.6 is 23.4 Å². The van der Waals surface area contributed by atoms with Crippen molar-refractivity contribution in [2.24, 2.45) is 5.73 Å². The Hall–Kier alpha value is -1.03. The van der Waals surface area contributed by atoms with E-state index in [9.17, 15) is 0 Å². The highest BCUT2D eigenvalue weighted by molar-refractivity contribution is 7.99. The van der Waals surface area contributed by atoms with Gasteiger partial charge in [0, 0.05) is 15.6 Å². The fourth-order valence-electron chi connectivity index (χ4n) is 1.95. The highest BCUT2D eigenvalue weighted by Gasteiger charge is 2.07. The zero-order valence-electron chi connectivity index (χ0n) is 11.1. The summed E-state index contributed by atoms with van der Waals surface area (Å²) in [5.74, 6) is 0. The number of nitrogens with zero attached hydrogens (tertiary/aromatic N) is 1. The van der Waals surface area contributed by atoms with Crippen LogP contribution in [0.3, 0.4) is 0 Å². The number of hydrogen-bond acceptors (Lipinski definition) is 3. The molecule has 1 heterocycles. The highest BCUT2D eigenvalue weighted by Crippen LogP contribution is 2.32. The van der Waals surface area contributed by atoms with Gasteiger partial charge in [0.2, 0.25) is 0 Å². The van der Waals surface area contributed by atoms with Gasteiger partial charge in [-0.15, -0.1) is 0 Å². The van der Waals surface area contributed by atoms with E-state index in [4.69, 9.17) is 17.3 Å². The van der Waals surface area contributed by atoms with Crippen molar-refractivity contribution in [2.75, 3.05) is 6.54 Å². The maximum absolute atomic E-state index is 6.08. The molecular weight excluding hydrogens is 276 g/mol. The minimum atomic E-state index is 0.634. The molecule has 2 nitrogen and oxygen atoms in total. The molecule has 0 unspecified atom stereocenters. The van der Waals surface area contributed by atoms with E-state index >= 15 is 0 Å². The molecule has 0 bridgehead atoms. The van der Waals surface area contributed by atoms with Crippen LogP contribution in [0.15, 0.2) is 40.3 Å². The Labute approximate surface area is 123 Å². The van der Waals surface area contributed by atoms with Crippen molar-refractivity contribution < 1.29 is 0 Å². The standard InChI is InChI=1S/C15H17ClN2S/c1-10-7-11(2)18-15(8-10)19-14-9-13(16)4-3-12(14)5-6-17/h3-4,7-9H,5-6,17H2,1-2H3. The molecule has 1 aromatic carbocycles. The van der Waals surface area contributed by atoms with Crippen molar-refractivity contribution in [1.82, 2.24) is 4.98 Å². The molecule has 0 fully saturated rings. The van der Waals surface area contributed by atoms with Crippen molar-refractivity contribution in [3.8, 4) is 0 Å². The first-order valence-electron chi connectivity index (χ1n) is 6.20. The predicted octanol–water partition coefficient (Wildman–Crippen LogP) is 4.00. The van der Waals surface area contributed by atoms with Crippen LogP contribution in [-0.4, -0.2) is 11.5 Å². The molecule has 19 heavy (non-hydrogen) atoms. The van der Waals surface area contributed by atoms with Crippen LogP contribution in [0.4, 0.5) is 0 Å². The molecule has 100 valence electrons. The summed E-state index contributed by atoms with van der Waals surface area (Å²) in [6, 6.07) is 10.1. The smallest absolute Gasteiger partial charge is 0.101 e. The summed E-state index contributed by atoms with van der Waals surface area (Å²) >= 11 is 7.73. The van der Waals surface area contributed by atoms with E-state index in [-0.39, 0.29) is 0 Å². The molecule has 0 atom stereocenters. The van der Waals surface area contributed by atoms with E-state index in [1.54, 1.807) is 11.8 Å². The molecule has 0 amide bonds. The largest absolute Gasteiger partial charge is 0.330 e. The quantitative estimate of drug-likeness (QED) is 0.925. The molecule has 4 heteroatoms. The Morgan fingerprint density at radius 1 is 1.21 bits per heavy atom. The Balaban J connectivity index is 2.33. The monoisotopic (exact) mass is 292 g/mol. The van der Waals surface area contributed by atoms with Crippen molar-refractivity contribution in [3.05, 3.63) is 52.2 Å². The summed E-state index contributed by atoms with van der Waals surface area (Å²) in [6.07, 6.45) is 0.851. The van der Waals surface area contributed by atoms with Gasteiger partial charge in [0.25, 0.3) is 0 Å². The van der Waals surface area contributed by atoms with Gasteiger partial charge in [0.05, 0.1) is 0 Å². The lowest BCUT2D eigenvalue weighted by atomic mass is 10.1. The van der Waals surface area contributed by atoms with Gasteiger partial charge in [-0.1, -0.05) is 29.4 Å². The van der Waals surface area contributed by atoms with E-state index in [1.807, 2.05) is 25.1 Å². The zero-order chi connectivity index (χ0) is 13.8. The lowest BCUT2D eigenvalue weighted by Gasteiger charge is -2.09. The van der Waals surface area contributed by atoms with Crippen LogP contribution in [0, 0.1) is 13.8 Å². The summed E-state index contributed by atoms with van der Waals surface area (Å²) in [5.41, 5.74) is 9.12. The minimum Gasteiger partial charge on any atom is -0.330 e. The molecule has 2 aromatic rings. The maximum atomic E-state index is 6.08. The molecule has 0 saturated carbocycles. The molecular formula is C15H17ClN2S. The molecule has 2 N–H and O–H groups in total. The third-order valence-corrected chi connectivity index (χ3v) is 3.98. The topological polar surface area (TPSA) is 38.9 Å². The van der Waals surface area contributed by atoms with E-state index in [1.165, 1.54) is 11.1 Å². The average Bonchev–Trinajstić information content (AvgIpc) is 2.31. The summed E-state index contributed by atoms with van der Waals surface area (Å²) in [4.78, 5) is 5.68. The normalized spacial score (nSPS) is 10.7. The maximum Gasteiger partial charge on any atom is 0.101 e. The van der Waals surface area contributed by atoms with Crippen LogP contribution in [0.25, 0.3) is 0 Å². The zero-order valence-corrected chi connectivity index (χ0v) is 12.7. The first-order chi connectivity index (χ1) is 9.08. The predicted molar refractivity (Wildman–Crippen MR) is 82.0 cm³/mol. The van der Waals surface area contributed by atoms with Gasteiger partial charge >= 0.3 is 0 Å². The number of nitrogens with two attached hydrogens (primary N) is 1. The average molecular weight is 293 g/mol. The van der Waals surface area contributed by atoms with Crippen molar-refractivity contribution in [1.29, 1.82) is 0 Å². The minimum absolute atomic E-state index is 0.634. The van der Waals surface area contributed by atoms with Crippen molar-refractivity contribution in [3.63, 3.8) is 0 Å². The van der Waals surface area contributed by atoms with Gasteiger partial charge in [-0.3, -0.25) is 0 Å². The van der Waals surface area contributed by atoms with Crippen LogP contribution in [0.5, 0.6) is 0 Å². The summed E-state index contributed by atoms with van der Waals surface area (Å²) in [5, 5.41) is 1.74. The third-order valence-electron chi connectivity index (χ3n) is 2.73. The van der Waals surface area contributed by atoms with Gasteiger partial charge in [-0.25, -0.2) is 4.98 Å². The van der Waals surface area contributed by atoms with Gasteiger partial charge < -0.3 is 5.73 Å². The molecule has 0 aliphatic heterocycles. The van der Waals surface area contributed by atoms with Crippen molar-refractivity contribution in [2.45, 2.75) is 30.2 Å². The van der Waals surface area contributed by atoms with Crippen LogP contribution in [-0.2, 0) is 6.42 Å². The van der Waals surface area contributed by atoms with Gasteiger partial charge in [-0.05, 0) is 62.2 Å². The molecule has 1 aromatic heterocycles. The van der Waals surface area contributed by atoms with Crippen LogP contribution in [0.2, 0.25) is 5.02 Å². The highest BCUT2D eigenvalue weighted by atomic mass is 35.5. The Kier molecular flexibility index (Phi) is 4.86. The Morgan fingerprint density at radius 3 is 2.68 bits per heavy atom. The van der Waals surface area contributed by atoms with Crippen LogP contribution in [0.1, 0.15) is 16.8 Å². The van der Waals surface area contributed by atoms with Gasteiger partial charge in [0.15, 0.2) is 0 Å². The summed E-state index contributed by atoms with van der Waals surface area (Å²) in [6.45, 7) is 4.72. The lowest BCUT2D eigenvalue weighted by Crippen LogP contribution is -2.03. The molecule has 0 aliphatic carbocycles. The second kappa shape index (κ2) is 6.42. The first kappa shape index (κ1) is 14.4. The lowest BCUT2D eigenvalue weighted by molar-refractivity contribution is 0.942. The van der Waals surface area contributed by atoms with Crippen molar-refractivity contribution >= 4 is 23.4 Å². The SMILES string of the molecule is Cc1cc(C)nc(Sc2cc(Cl)ccc2CCN)c1. The number of halogens is 1. The fourth-order valence-corrected chi connectivity index (χ4v) is 3.34. The third kappa shape index (κ3) is 3.96. The second-order valence-corrected chi connectivity index (χ2v) is 6.02. The van der Waals surface area contributed by atoms with Gasteiger partial charge in [0.1, 0.15) is 5.03 Å². The summed E-state index contributed by atoms with van der Waals surface area (Å²) in [7, 11) is 0. The van der Waals surface area contributed by atoms with E-state index in [2.05, 4.69) is 24.0 Å². The Morgan fingerprint density at radius 2 is 2.00 bits per heavy atom. The number of aromatic nitrogens is 1. The number of aryl methyl sites for hydroxylation is 2. The van der Waals surface area contributed by atoms with Gasteiger partial charge in [-0.2, -0.15) is 0 Å². The van der Waals surface area contributed by atoms with E-state index < -0.39 is 0 Å². The first-order valence-corrected chi connectivity index (χ1v) is 7.39.